The number of benzene rings is 3. The third-order valence-electron chi connectivity index (χ3n) is 6.95. The Kier molecular flexibility index (Phi) is 12.3. The molecule has 0 aliphatic carbocycles. The topological polar surface area (TPSA) is 55.8 Å². The van der Waals surface area contributed by atoms with Crippen LogP contribution >= 0.6 is 0 Å². The zero-order valence-corrected chi connectivity index (χ0v) is 23.9. The van der Waals surface area contributed by atoms with Crippen LogP contribution in [0.25, 0.3) is 22.3 Å². The van der Waals surface area contributed by atoms with E-state index < -0.39 is 0 Å². The minimum atomic E-state index is -0.359. The number of aliphatic hydroxyl groups excluding tert-OH is 1. The molecular formula is C35H44O4. The highest BCUT2D eigenvalue weighted by molar-refractivity contribution is 5.86. The van der Waals surface area contributed by atoms with Gasteiger partial charge < -0.3 is 14.6 Å². The summed E-state index contributed by atoms with van der Waals surface area (Å²) in [6.45, 7) is 10.6. The molecule has 0 heterocycles. The van der Waals surface area contributed by atoms with E-state index in [0.717, 1.165) is 36.1 Å². The minimum Gasteiger partial charge on any atom is -0.493 e. The zero-order chi connectivity index (χ0) is 28.0. The van der Waals surface area contributed by atoms with Gasteiger partial charge in [0.05, 0.1) is 13.2 Å². The summed E-state index contributed by atoms with van der Waals surface area (Å²) in [5.41, 5.74) is 9.03. The molecule has 3 aromatic carbocycles. The van der Waals surface area contributed by atoms with Gasteiger partial charge in [0.15, 0.2) is 0 Å². The Balaban J connectivity index is 1.81. The quantitative estimate of drug-likeness (QED) is 0.116. The molecule has 0 aromatic heterocycles. The van der Waals surface area contributed by atoms with Crippen molar-refractivity contribution in [2.75, 3.05) is 19.8 Å². The molecule has 0 atom stereocenters. The molecule has 0 saturated heterocycles. The standard InChI is InChI=1S/C35H44O4/c1-5-7-8-11-27-13-15-29(16-14-27)30-17-19-33(28(6-2)24-30)31-18-20-34(38-23-10-21-36)32(25-31)12-9-22-39-35(37)26(3)4/h13-20,24-25,36H,3,5-12,21-23H2,1-2,4H3. The summed E-state index contributed by atoms with van der Waals surface area (Å²) in [7, 11) is 0. The molecule has 39 heavy (non-hydrogen) atoms. The predicted octanol–water partition coefficient (Wildman–Crippen LogP) is 8.13. The molecule has 0 aliphatic rings. The van der Waals surface area contributed by atoms with Gasteiger partial charge in [0.1, 0.15) is 5.75 Å². The molecule has 0 aliphatic heterocycles. The van der Waals surface area contributed by atoms with Crippen LogP contribution in [-0.4, -0.2) is 30.9 Å². The first-order chi connectivity index (χ1) is 19.0. The van der Waals surface area contributed by atoms with E-state index in [-0.39, 0.29) is 12.6 Å². The summed E-state index contributed by atoms with van der Waals surface area (Å²) in [6.07, 6.45) is 7.84. The molecule has 0 spiro atoms. The Bertz CT molecular complexity index is 1210. The van der Waals surface area contributed by atoms with E-state index in [0.29, 0.717) is 31.6 Å². The van der Waals surface area contributed by atoms with E-state index in [9.17, 15) is 4.79 Å². The van der Waals surface area contributed by atoms with Gasteiger partial charge in [0.2, 0.25) is 0 Å². The number of carbonyl (C=O) groups excluding carboxylic acids is 1. The Morgan fingerprint density at radius 1 is 0.795 bits per heavy atom. The van der Waals surface area contributed by atoms with E-state index in [2.05, 4.69) is 75.0 Å². The SMILES string of the molecule is C=C(C)C(=O)OCCCc1cc(-c2ccc(-c3ccc(CCCCC)cc3)cc2CC)ccc1OCCCO. The second-order valence-corrected chi connectivity index (χ2v) is 10.1. The first-order valence-corrected chi connectivity index (χ1v) is 14.4. The lowest BCUT2D eigenvalue weighted by molar-refractivity contribution is -0.139. The van der Waals surface area contributed by atoms with Crippen molar-refractivity contribution in [2.24, 2.45) is 0 Å². The van der Waals surface area contributed by atoms with Crippen molar-refractivity contribution in [2.45, 2.75) is 72.1 Å². The maximum atomic E-state index is 11.7. The van der Waals surface area contributed by atoms with E-state index in [1.807, 2.05) is 6.07 Å². The van der Waals surface area contributed by atoms with Gasteiger partial charge in [-0.1, -0.05) is 81.8 Å². The maximum absolute atomic E-state index is 11.7. The second kappa shape index (κ2) is 15.9. The normalized spacial score (nSPS) is 10.9. The van der Waals surface area contributed by atoms with Crippen molar-refractivity contribution in [1.29, 1.82) is 0 Å². The summed E-state index contributed by atoms with van der Waals surface area (Å²) >= 11 is 0. The van der Waals surface area contributed by atoms with Crippen LogP contribution in [0.3, 0.4) is 0 Å². The van der Waals surface area contributed by atoms with Gasteiger partial charge in [0, 0.05) is 18.6 Å². The Hall–Kier alpha value is -3.37. The molecule has 0 amide bonds. The summed E-state index contributed by atoms with van der Waals surface area (Å²) in [5.74, 6) is 0.453. The third-order valence-corrected chi connectivity index (χ3v) is 6.95. The van der Waals surface area contributed by atoms with Crippen LogP contribution in [0.4, 0.5) is 0 Å². The second-order valence-electron chi connectivity index (χ2n) is 10.1. The molecular weight excluding hydrogens is 484 g/mol. The Morgan fingerprint density at radius 2 is 1.51 bits per heavy atom. The number of unbranched alkanes of at least 4 members (excludes halogenated alkanes) is 2. The lowest BCUT2D eigenvalue weighted by atomic mass is 9.92. The van der Waals surface area contributed by atoms with Gasteiger partial charge in [0.25, 0.3) is 0 Å². The molecule has 0 saturated carbocycles. The lowest BCUT2D eigenvalue weighted by Gasteiger charge is -2.16. The molecule has 0 fully saturated rings. The van der Waals surface area contributed by atoms with Crippen LogP contribution in [0, 0.1) is 0 Å². The average Bonchev–Trinajstić information content (AvgIpc) is 2.96. The largest absolute Gasteiger partial charge is 0.493 e. The van der Waals surface area contributed by atoms with Crippen LogP contribution in [0.5, 0.6) is 5.75 Å². The van der Waals surface area contributed by atoms with Crippen LogP contribution in [0.1, 0.15) is 69.6 Å². The fourth-order valence-corrected chi connectivity index (χ4v) is 4.67. The van der Waals surface area contributed by atoms with E-state index in [1.54, 1.807) is 6.92 Å². The Labute approximate surface area is 234 Å². The average molecular weight is 529 g/mol. The lowest BCUT2D eigenvalue weighted by Crippen LogP contribution is -2.07. The number of rotatable bonds is 16. The number of carbonyl (C=O) groups is 1. The molecule has 0 radical (unpaired) electrons. The van der Waals surface area contributed by atoms with Gasteiger partial charge in [-0.25, -0.2) is 4.79 Å². The van der Waals surface area contributed by atoms with Gasteiger partial charge in [-0.05, 0) is 90.1 Å². The zero-order valence-electron chi connectivity index (χ0n) is 23.9. The summed E-state index contributed by atoms with van der Waals surface area (Å²) in [5, 5.41) is 9.16. The van der Waals surface area contributed by atoms with Crippen LogP contribution in [-0.2, 0) is 28.8 Å². The van der Waals surface area contributed by atoms with Crippen molar-refractivity contribution in [3.63, 3.8) is 0 Å². The third kappa shape index (κ3) is 9.11. The van der Waals surface area contributed by atoms with Crippen molar-refractivity contribution < 1.29 is 19.4 Å². The Morgan fingerprint density at radius 3 is 2.21 bits per heavy atom. The summed E-state index contributed by atoms with van der Waals surface area (Å²) in [6, 6.07) is 22.1. The fraction of sp³-hybridized carbons (Fsp3) is 0.400. The highest BCUT2D eigenvalue weighted by Crippen LogP contribution is 2.33. The van der Waals surface area contributed by atoms with E-state index >= 15 is 0 Å². The molecule has 3 rings (SSSR count). The van der Waals surface area contributed by atoms with Crippen LogP contribution < -0.4 is 4.74 Å². The first-order valence-electron chi connectivity index (χ1n) is 14.4. The summed E-state index contributed by atoms with van der Waals surface area (Å²) in [4.78, 5) is 11.7. The number of hydrogen-bond acceptors (Lipinski definition) is 4. The van der Waals surface area contributed by atoms with Crippen molar-refractivity contribution in [3.8, 4) is 28.0 Å². The molecule has 1 N–H and O–H groups in total. The first kappa shape index (κ1) is 30.2. The number of ether oxygens (including phenoxy) is 2. The molecule has 4 nitrogen and oxygen atoms in total. The molecule has 208 valence electrons. The monoisotopic (exact) mass is 528 g/mol. The van der Waals surface area contributed by atoms with Gasteiger partial charge in [-0.2, -0.15) is 0 Å². The molecule has 4 heteroatoms. The van der Waals surface area contributed by atoms with Crippen molar-refractivity contribution >= 4 is 5.97 Å². The molecule has 3 aromatic rings. The molecule has 0 unspecified atom stereocenters. The smallest absolute Gasteiger partial charge is 0.333 e. The van der Waals surface area contributed by atoms with Gasteiger partial charge in [-0.15, -0.1) is 0 Å². The van der Waals surface area contributed by atoms with Crippen molar-refractivity contribution in [3.05, 3.63) is 89.5 Å². The van der Waals surface area contributed by atoms with Gasteiger partial charge in [-0.3, -0.25) is 0 Å². The number of aliphatic hydroxyl groups is 1. The number of hydrogen-bond donors (Lipinski definition) is 1. The predicted molar refractivity (Wildman–Crippen MR) is 161 cm³/mol. The fourth-order valence-electron chi connectivity index (χ4n) is 4.67. The summed E-state index contributed by atoms with van der Waals surface area (Å²) < 4.78 is 11.3. The maximum Gasteiger partial charge on any atom is 0.333 e. The number of esters is 1. The van der Waals surface area contributed by atoms with E-state index in [4.69, 9.17) is 14.6 Å². The highest BCUT2D eigenvalue weighted by Gasteiger charge is 2.12. The van der Waals surface area contributed by atoms with Crippen LogP contribution in [0.15, 0.2) is 72.8 Å². The van der Waals surface area contributed by atoms with Crippen LogP contribution in [0.2, 0.25) is 0 Å². The highest BCUT2D eigenvalue weighted by atomic mass is 16.5. The minimum absolute atomic E-state index is 0.0953. The van der Waals surface area contributed by atoms with E-state index in [1.165, 1.54) is 47.1 Å². The van der Waals surface area contributed by atoms with Gasteiger partial charge >= 0.3 is 5.97 Å². The number of aryl methyl sites for hydroxylation is 3. The van der Waals surface area contributed by atoms with Crippen molar-refractivity contribution in [1.82, 2.24) is 0 Å². The molecule has 0 bridgehead atoms.